The van der Waals surface area contributed by atoms with Gasteiger partial charge in [0.05, 0.1) is 11.3 Å². The van der Waals surface area contributed by atoms with Crippen molar-refractivity contribution >= 4 is 28.9 Å². The number of carbonyl (C=O) groups is 1. The van der Waals surface area contributed by atoms with Crippen LogP contribution in [0.15, 0.2) is 36.4 Å². The zero-order chi connectivity index (χ0) is 20.5. The molecule has 0 bridgehead atoms. The van der Waals surface area contributed by atoms with Crippen molar-refractivity contribution in [3.8, 4) is 0 Å². The second-order valence-electron chi connectivity index (χ2n) is 7.84. The molecule has 4 rings (SSSR count). The van der Waals surface area contributed by atoms with E-state index in [1.165, 1.54) is 22.3 Å². The van der Waals surface area contributed by atoms with E-state index in [1.54, 1.807) is 0 Å². The molecular formula is C24H26N4O. The number of hydrogen-bond acceptors (Lipinski definition) is 5. The summed E-state index contributed by atoms with van der Waals surface area (Å²) in [4.78, 5) is 22.0. The third-order valence-electron chi connectivity index (χ3n) is 5.61. The number of rotatable bonds is 4. The molecule has 1 aromatic heterocycles. The van der Waals surface area contributed by atoms with E-state index in [-0.39, 0.29) is 5.78 Å². The summed E-state index contributed by atoms with van der Waals surface area (Å²) in [5.41, 5.74) is 8.17. The number of carbonyl (C=O) groups excluding carboxylic acids is 1. The van der Waals surface area contributed by atoms with E-state index < -0.39 is 0 Å². The molecule has 0 unspecified atom stereocenters. The number of nitrogens with one attached hydrogen (secondary N) is 2. The van der Waals surface area contributed by atoms with Crippen molar-refractivity contribution < 1.29 is 4.79 Å². The molecule has 0 saturated carbocycles. The lowest BCUT2D eigenvalue weighted by Crippen LogP contribution is -2.18. The normalized spacial score (nSPS) is 13.2. The summed E-state index contributed by atoms with van der Waals surface area (Å²) in [6.45, 7) is 8.33. The maximum atomic E-state index is 12.6. The SMILES string of the molecule is Cc1ccc(Nc2nc3c(c(Nc4ccc(C)c(C)c4)n2)C(=O)CCC3)cc1C. The Morgan fingerprint density at radius 1 is 0.759 bits per heavy atom. The van der Waals surface area contributed by atoms with Crippen LogP contribution in [0.25, 0.3) is 0 Å². The second kappa shape index (κ2) is 7.66. The zero-order valence-corrected chi connectivity index (χ0v) is 17.4. The first-order valence-corrected chi connectivity index (χ1v) is 10.0. The minimum Gasteiger partial charge on any atom is -0.339 e. The first-order valence-electron chi connectivity index (χ1n) is 10.0. The van der Waals surface area contributed by atoms with Gasteiger partial charge in [-0.05, 0) is 87.1 Å². The number of nitrogens with zero attached hydrogens (tertiary/aromatic N) is 2. The van der Waals surface area contributed by atoms with Gasteiger partial charge in [-0.2, -0.15) is 4.98 Å². The van der Waals surface area contributed by atoms with Gasteiger partial charge in [0.15, 0.2) is 5.78 Å². The molecular weight excluding hydrogens is 360 g/mol. The Bertz CT molecular complexity index is 1100. The largest absolute Gasteiger partial charge is 0.339 e. The Hall–Kier alpha value is -3.21. The number of aromatic nitrogens is 2. The van der Waals surface area contributed by atoms with E-state index in [4.69, 9.17) is 0 Å². The van der Waals surface area contributed by atoms with Gasteiger partial charge in [-0.25, -0.2) is 4.98 Å². The molecule has 1 aliphatic carbocycles. The second-order valence-corrected chi connectivity index (χ2v) is 7.84. The number of benzene rings is 2. The van der Waals surface area contributed by atoms with Crippen LogP contribution in [0.4, 0.5) is 23.1 Å². The van der Waals surface area contributed by atoms with Gasteiger partial charge in [0.25, 0.3) is 0 Å². The number of fused-ring (bicyclic) bond motifs is 1. The van der Waals surface area contributed by atoms with Crippen LogP contribution in [0.3, 0.4) is 0 Å². The molecule has 0 fully saturated rings. The maximum absolute atomic E-state index is 12.6. The van der Waals surface area contributed by atoms with Gasteiger partial charge in [-0.3, -0.25) is 4.79 Å². The summed E-state index contributed by atoms with van der Waals surface area (Å²) in [6, 6.07) is 12.3. The Kier molecular flexibility index (Phi) is 5.05. The minimum atomic E-state index is 0.107. The lowest BCUT2D eigenvalue weighted by atomic mass is 9.95. The Morgan fingerprint density at radius 2 is 1.38 bits per heavy atom. The van der Waals surface area contributed by atoms with Crippen LogP contribution < -0.4 is 10.6 Å². The predicted octanol–water partition coefficient (Wildman–Crippen LogP) is 5.72. The van der Waals surface area contributed by atoms with Crippen molar-refractivity contribution in [3.63, 3.8) is 0 Å². The maximum Gasteiger partial charge on any atom is 0.229 e. The highest BCUT2D eigenvalue weighted by atomic mass is 16.1. The summed E-state index contributed by atoms with van der Waals surface area (Å²) in [5, 5.41) is 6.68. The van der Waals surface area contributed by atoms with Crippen molar-refractivity contribution in [2.75, 3.05) is 10.6 Å². The summed E-state index contributed by atoms with van der Waals surface area (Å²) < 4.78 is 0. The number of hydrogen-bond donors (Lipinski definition) is 2. The van der Waals surface area contributed by atoms with Crippen LogP contribution in [-0.4, -0.2) is 15.8 Å². The smallest absolute Gasteiger partial charge is 0.229 e. The first kappa shape index (κ1) is 19.1. The molecule has 5 heteroatoms. The predicted molar refractivity (Wildman–Crippen MR) is 118 cm³/mol. The van der Waals surface area contributed by atoms with E-state index in [9.17, 15) is 4.79 Å². The van der Waals surface area contributed by atoms with Crippen molar-refractivity contribution in [2.24, 2.45) is 0 Å². The molecule has 148 valence electrons. The van der Waals surface area contributed by atoms with Gasteiger partial charge in [-0.15, -0.1) is 0 Å². The summed E-state index contributed by atoms with van der Waals surface area (Å²) in [6.07, 6.45) is 2.16. The average molecular weight is 386 g/mol. The molecule has 1 aliphatic rings. The van der Waals surface area contributed by atoms with Gasteiger partial charge in [0.1, 0.15) is 5.82 Å². The summed E-state index contributed by atoms with van der Waals surface area (Å²) in [5.74, 6) is 1.19. The van der Waals surface area contributed by atoms with Crippen LogP contribution in [0.1, 0.15) is 51.1 Å². The average Bonchev–Trinajstić information content (AvgIpc) is 2.67. The molecule has 0 spiro atoms. The van der Waals surface area contributed by atoms with Crippen LogP contribution in [-0.2, 0) is 6.42 Å². The highest BCUT2D eigenvalue weighted by Crippen LogP contribution is 2.30. The number of Topliss-reactive ketones (excluding diaryl/α,β-unsaturated/α-hetero) is 1. The number of aryl methyl sites for hydroxylation is 5. The van der Waals surface area contributed by atoms with E-state index in [1.807, 2.05) is 12.1 Å². The molecule has 2 aromatic carbocycles. The van der Waals surface area contributed by atoms with Crippen LogP contribution >= 0.6 is 0 Å². The first-order chi connectivity index (χ1) is 13.9. The summed E-state index contributed by atoms with van der Waals surface area (Å²) >= 11 is 0. The third kappa shape index (κ3) is 3.99. The zero-order valence-electron chi connectivity index (χ0n) is 17.4. The molecule has 0 atom stereocenters. The third-order valence-corrected chi connectivity index (χ3v) is 5.61. The fourth-order valence-electron chi connectivity index (χ4n) is 3.57. The molecule has 2 N–H and O–H groups in total. The number of ketones is 1. The molecule has 0 saturated heterocycles. The van der Waals surface area contributed by atoms with Crippen LogP contribution in [0, 0.1) is 27.7 Å². The van der Waals surface area contributed by atoms with Crippen molar-refractivity contribution in [2.45, 2.75) is 47.0 Å². The van der Waals surface area contributed by atoms with Crippen molar-refractivity contribution in [3.05, 3.63) is 69.9 Å². The molecule has 29 heavy (non-hydrogen) atoms. The lowest BCUT2D eigenvalue weighted by molar-refractivity contribution is 0.0972. The minimum absolute atomic E-state index is 0.107. The molecule has 0 radical (unpaired) electrons. The van der Waals surface area contributed by atoms with Crippen LogP contribution in [0.5, 0.6) is 0 Å². The topological polar surface area (TPSA) is 66.9 Å². The fraction of sp³-hybridized carbons (Fsp3) is 0.292. The standard InChI is InChI=1S/C24H26N4O/c1-14-8-10-18(12-16(14)3)25-23-22-20(6-5-7-21(22)29)27-24(28-23)26-19-11-9-15(2)17(4)13-19/h8-13H,5-7H2,1-4H3,(H2,25,26,27,28). The molecule has 0 amide bonds. The number of anilines is 4. The van der Waals surface area contributed by atoms with E-state index >= 15 is 0 Å². The molecule has 0 aliphatic heterocycles. The van der Waals surface area contributed by atoms with Crippen LogP contribution in [0.2, 0.25) is 0 Å². The van der Waals surface area contributed by atoms with Gasteiger partial charge in [0.2, 0.25) is 5.95 Å². The Morgan fingerprint density at radius 3 is 2.00 bits per heavy atom. The summed E-state index contributed by atoms with van der Waals surface area (Å²) in [7, 11) is 0. The molecule has 5 nitrogen and oxygen atoms in total. The Balaban J connectivity index is 1.73. The fourth-order valence-corrected chi connectivity index (χ4v) is 3.57. The monoisotopic (exact) mass is 386 g/mol. The van der Waals surface area contributed by atoms with E-state index in [2.05, 4.69) is 72.6 Å². The quantitative estimate of drug-likeness (QED) is 0.600. The van der Waals surface area contributed by atoms with E-state index in [0.717, 1.165) is 29.9 Å². The molecule has 3 aromatic rings. The van der Waals surface area contributed by atoms with Gasteiger partial charge >= 0.3 is 0 Å². The van der Waals surface area contributed by atoms with Gasteiger partial charge in [-0.1, -0.05) is 12.1 Å². The molecule has 1 heterocycles. The van der Waals surface area contributed by atoms with Gasteiger partial charge in [0, 0.05) is 17.8 Å². The van der Waals surface area contributed by atoms with Gasteiger partial charge < -0.3 is 10.6 Å². The Labute approximate surface area is 171 Å². The lowest BCUT2D eigenvalue weighted by Gasteiger charge is -2.20. The highest BCUT2D eigenvalue weighted by molar-refractivity contribution is 6.03. The van der Waals surface area contributed by atoms with Crippen molar-refractivity contribution in [1.82, 2.24) is 9.97 Å². The highest BCUT2D eigenvalue weighted by Gasteiger charge is 2.25. The van der Waals surface area contributed by atoms with Crippen molar-refractivity contribution in [1.29, 1.82) is 0 Å². The van der Waals surface area contributed by atoms with E-state index in [0.29, 0.717) is 23.8 Å².